The second-order valence-electron chi connectivity index (χ2n) is 5.35. The van der Waals surface area contributed by atoms with Crippen molar-refractivity contribution in [3.05, 3.63) is 28.2 Å². The Morgan fingerprint density at radius 3 is 2.94 bits per heavy atom. The first-order chi connectivity index (χ1) is 8.61. The summed E-state index contributed by atoms with van der Waals surface area (Å²) in [5, 5.41) is 0. The predicted octanol–water partition coefficient (Wildman–Crippen LogP) is 3.72. The molecule has 1 aliphatic rings. The molecule has 1 aromatic rings. The lowest BCUT2D eigenvalue weighted by Crippen LogP contribution is -2.30. The van der Waals surface area contributed by atoms with Gasteiger partial charge in [-0.3, -0.25) is 0 Å². The van der Waals surface area contributed by atoms with Crippen LogP contribution in [-0.2, 0) is 6.42 Å². The topological polar surface area (TPSA) is 29.3 Å². The van der Waals surface area contributed by atoms with Crippen LogP contribution in [0.1, 0.15) is 38.7 Å². The molecule has 0 saturated carbocycles. The van der Waals surface area contributed by atoms with Gasteiger partial charge in [-0.1, -0.05) is 28.9 Å². The third-order valence-corrected chi connectivity index (χ3v) is 4.24. The van der Waals surface area contributed by atoms with E-state index in [4.69, 9.17) is 5.73 Å². The third-order valence-electron chi connectivity index (χ3n) is 3.75. The fourth-order valence-electron chi connectivity index (χ4n) is 2.90. The highest BCUT2D eigenvalue weighted by Gasteiger charge is 2.25. The third kappa shape index (κ3) is 3.07. The van der Waals surface area contributed by atoms with Gasteiger partial charge in [0.1, 0.15) is 0 Å². The summed E-state index contributed by atoms with van der Waals surface area (Å²) in [5.41, 5.74) is 8.73. The lowest BCUT2D eigenvalue weighted by Gasteiger charge is -2.29. The van der Waals surface area contributed by atoms with Crippen LogP contribution < -0.4 is 10.6 Å². The average Bonchev–Trinajstić information content (AvgIpc) is 2.79. The van der Waals surface area contributed by atoms with E-state index in [1.165, 1.54) is 37.1 Å². The number of rotatable bonds is 4. The maximum atomic E-state index is 5.97. The van der Waals surface area contributed by atoms with E-state index in [0.29, 0.717) is 6.04 Å². The van der Waals surface area contributed by atoms with Crippen LogP contribution in [0.25, 0.3) is 0 Å². The highest BCUT2D eigenvalue weighted by Crippen LogP contribution is 2.32. The van der Waals surface area contributed by atoms with Gasteiger partial charge in [-0.25, -0.2) is 0 Å². The molecule has 1 aromatic carbocycles. The van der Waals surface area contributed by atoms with E-state index in [0.717, 1.165) is 10.9 Å². The van der Waals surface area contributed by atoms with Gasteiger partial charge >= 0.3 is 0 Å². The Hall–Kier alpha value is -0.540. The lowest BCUT2D eigenvalue weighted by atomic mass is 10.0. The van der Waals surface area contributed by atoms with Gasteiger partial charge in [0.15, 0.2) is 0 Å². The number of benzene rings is 1. The Labute approximate surface area is 119 Å². The molecular weight excluding hydrogens is 288 g/mol. The maximum absolute atomic E-state index is 5.97. The summed E-state index contributed by atoms with van der Waals surface area (Å²) in [6.07, 6.45) is 4.81. The monoisotopic (exact) mass is 310 g/mol. The minimum Gasteiger partial charge on any atom is -0.368 e. The first-order valence-corrected chi connectivity index (χ1v) is 7.71. The number of nitrogens with zero attached hydrogens (tertiary/aromatic N) is 1. The number of anilines is 1. The number of nitrogens with two attached hydrogens (primary N) is 1. The van der Waals surface area contributed by atoms with Gasteiger partial charge in [-0.2, -0.15) is 0 Å². The van der Waals surface area contributed by atoms with Crippen molar-refractivity contribution in [3.8, 4) is 0 Å². The molecule has 2 unspecified atom stereocenters. The van der Waals surface area contributed by atoms with Crippen molar-refractivity contribution >= 4 is 21.6 Å². The van der Waals surface area contributed by atoms with E-state index in [-0.39, 0.29) is 6.04 Å². The van der Waals surface area contributed by atoms with Gasteiger partial charge < -0.3 is 10.6 Å². The zero-order valence-corrected chi connectivity index (χ0v) is 12.9. The van der Waals surface area contributed by atoms with Crippen molar-refractivity contribution in [1.82, 2.24) is 0 Å². The van der Waals surface area contributed by atoms with E-state index < -0.39 is 0 Å². The minimum atomic E-state index is 0.215. The fourth-order valence-corrected chi connectivity index (χ4v) is 3.25. The summed E-state index contributed by atoms with van der Waals surface area (Å²) in [6.45, 7) is 5.54. The largest absolute Gasteiger partial charge is 0.368 e. The Morgan fingerprint density at radius 2 is 2.28 bits per heavy atom. The van der Waals surface area contributed by atoms with Crippen molar-refractivity contribution in [2.24, 2.45) is 5.73 Å². The number of halogens is 1. The van der Waals surface area contributed by atoms with Crippen LogP contribution in [0.15, 0.2) is 22.7 Å². The first kappa shape index (κ1) is 13.9. The molecule has 2 N–H and O–H groups in total. The molecule has 0 aromatic heterocycles. The van der Waals surface area contributed by atoms with Gasteiger partial charge in [-0.05, 0) is 50.3 Å². The smallest absolute Gasteiger partial charge is 0.0413 e. The molecule has 0 bridgehead atoms. The molecule has 1 fully saturated rings. The quantitative estimate of drug-likeness (QED) is 0.918. The minimum absolute atomic E-state index is 0.215. The highest BCUT2D eigenvalue weighted by atomic mass is 79.9. The van der Waals surface area contributed by atoms with Crippen molar-refractivity contribution in [2.45, 2.75) is 51.6 Å². The first-order valence-electron chi connectivity index (χ1n) is 6.92. The lowest BCUT2D eigenvalue weighted by molar-refractivity contribution is 0.641. The maximum Gasteiger partial charge on any atom is 0.0413 e. The van der Waals surface area contributed by atoms with Crippen molar-refractivity contribution in [2.75, 3.05) is 11.4 Å². The van der Waals surface area contributed by atoms with Crippen molar-refractivity contribution in [1.29, 1.82) is 0 Å². The highest BCUT2D eigenvalue weighted by molar-refractivity contribution is 9.10. The zero-order valence-electron chi connectivity index (χ0n) is 11.3. The van der Waals surface area contributed by atoms with Gasteiger partial charge in [-0.15, -0.1) is 0 Å². The van der Waals surface area contributed by atoms with E-state index in [2.05, 4.69) is 52.9 Å². The van der Waals surface area contributed by atoms with Gasteiger partial charge in [0.2, 0.25) is 0 Å². The molecule has 3 heteroatoms. The summed E-state index contributed by atoms with van der Waals surface area (Å²) >= 11 is 3.59. The fraction of sp³-hybridized carbons (Fsp3) is 0.600. The van der Waals surface area contributed by atoms with E-state index in [1.807, 2.05) is 0 Å². The molecule has 1 aliphatic heterocycles. The summed E-state index contributed by atoms with van der Waals surface area (Å²) in [5.74, 6) is 0. The molecule has 2 nitrogen and oxygen atoms in total. The Bertz CT molecular complexity index is 403. The van der Waals surface area contributed by atoms with E-state index in [1.54, 1.807) is 0 Å². The summed E-state index contributed by atoms with van der Waals surface area (Å²) in [4.78, 5) is 2.57. The van der Waals surface area contributed by atoms with Crippen LogP contribution in [0, 0.1) is 0 Å². The molecule has 18 heavy (non-hydrogen) atoms. The summed E-state index contributed by atoms with van der Waals surface area (Å²) in [6, 6.07) is 7.51. The second kappa shape index (κ2) is 6.07. The molecule has 2 atom stereocenters. The van der Waals surface area contributed by atoms with Crippen molar-refractivity contribution < 1.29 is 0 Å². The molecule has 0 amide bonds. The summed E-state index contributed by atoms with van der Waals surface area (Å²) in [7, 11) is 0. The summed E-state index contributed by atoms with van der Waals surface area (Å²) < 4.78 is 1.16. The number of hydrogen-bond donors (Lipinski definition) is 1. The molecule has 1 heterocycles. The molecule has 0 spiro atoms. The van der Waals surface area contributed by atoms with Crippen molar-refractivity contribution in [3.63, 3.8) is 0 Å². The predicted molar refractivity (Wildman–Crippen MR) is 82.2 cm³/mol. The molecule has 1 saturated heterocycles. The standard InChI is InChI=1S/C15H23BrN2/c1-3-14-5-4-8-18(14)15-10-13(16)7-6-12(15)9-11(2)17/h6-7,10-11,14H,3-5,8-9,17H2,1-2H3. The van der Waals surface area contributed by atoms with E-state index in [9.17, 15) is 0 Å². The molecule has 2 rings (SSSR count). The van der Waals surface area contributed by atoms with Gasteiger partial charge in [0.05, 0.1) is 0 Å². The zero-order chi connectivity index (χ0) is 13.1. The Balaban J connectivity index is 2.31. The SMILES string of the molecule is CCC1CCCN1c1cc(Br)ccc1CC(C)N. The van der Waals surface area contributed by atoms with Gasteiger partial charge in [0, 0.05) is 28.8 Å². The molecule has 0 radical (unpaired) electrons. The number of hydrogen-bond acceptors (Lipinski definition) is 2. The normalized spacial score (nSPS) is 21.3. The van der Waals surface area contributed by atoms with E-state index >= 15 is 0 Å². The van der Waals surface area contributed by atoms with Crippen LogP contribution in [-0.4, -0.2) is 18.6 Å². The van der Waals surface area contributed by atoms with Gasteiger partial charge in [0.25, 0.3) is 0 Å². The molecular formula is C15H23BrN2. The van der Waals surface area contributed by atoms with Crippen LogP contribution >= 0.6 is 15.9 Å². The van der Waals surface area contributed by atoms with Crippen LogP contribution in [0.5, 0.6) is 0 Å². The van der Waals surface area contributed by atoms with Crippen LogP contribution in [0.3, 0.4) is 0 Å². The Kier molecular flexibility index (Phi) is 4.68. The van der Waals surface area contributed by atoms with Crippen LogP contribution in [0.2, 0.25) is 0 Å². The molecule has 0 aliphatic carbocycles. The Morgan fingerprint density at radius 1 is 1.50 bits per heavy atom. The average molecular weight is 311 g/mol. The second-order valence-corrected chi connectivity index (χ2v) is 6.27. The van der Waals surface area contributed by atoms with Crippen LogP contribution in [0.4, 0.5) is 5.69 Å². The molecule has 100 valence electrons.